The van der Waals surface area contributed by atoms with Gasteiger partial charge < -0.3 is 5.32 Å². The van der Waals surface area contributed by atoms with E-state index >= 15 is 0 Å². The lowest BCUT2D eigenvalue weighted by Crippen LogP contribution is -2.18. The molecular formula is C10H19N3S3. The molecule has 0 aliphatic rings. The average Bonchev–Trinajstić information content (AvgIpc) is 2.76. The van der Waals surface area contributed by atoms with Crippen molar-refractivity contribution in [2.75, 3.05) is 25.1 Å². The molecular weight excluding hydrogens is 258 g/mol. The molecule has 0 fully saturated rings. The van der Waals surface area contributed by atoms with Gasteiger partial charge in [-0.05, 0) is 19.2 Å². The highest BCUT2D eigenvalue weighted by Crippen LogP contribution is 2.26. The molecule has 1 heterocycles. The number of unbranched alkanes of at least 4 members (excludes halogenated alkanes) is 2. The lowest BCUT2D eigenvalue weighted by atomic mass is 10.2. The molecule has 1 aromatic rings. The predicted molar refractivity (Wildman–Crippen MR) is 74.8 cm³/mol. The Labute approximate surface area is 110 Å². The predicted octanol–water partition coefficient (Wildman–Crippen LogP) is 3.13. The van der Waals surface area contributed by atoms with E-state index in [0.29, 0.717) is 0 Å². The molecule has 92 valence electrons. The third-order valence-electron chi connectivity index (χ3n) is 2.02. The van der Waals surface area contributed by atoms with E-state index in [-0.39, 0.29) is 0 Å². The SMILES string of the molecule is CCCCCNCCSc1nnc(SC)s1. The van der Waals surface area contributed by atoms with Crippen LogP contribution in [0.3, 0.4) is 0 Å². The fraction of sp³-hybridized carbons (Fsp3) is 0.800. The van der Waals surface area contributed by atoms with E-state index in [0.717, 1.165) is 27.5 Å². The molecule has 0 aromatic carbocycles. The monoisotopic (exact) mass is 277 g/mol. The van der Waals surface area contributed by atoms with Gasteiger partial charge in [-0.25, -0.2) is 0 Å². The van der Waals surface area contributed by atoms with Crippen molar-refractivity contribution in [3.8, 4) is 0 Å². The standard InChI is InChI=1S/C10H19N3S3/c1-3-4-5-6-11-7-8-15-10-13-12-9(14-2)16-10/h11H,3-8H2,1-2H3. The Morgan fingerprint density at radius 1 is 1.19 bits per heavy atom. The molecule has 0 amide bonds. The van der Waals surface area contributed by atoms with Gasteiger partial charge in [0.25, 0.3) is 0 Å². The summed E-state index contributed by atoms with van der Waals surface area (Å²) in [6.45, 7) is 4.43. The second-order valence-corrected chi connectivity index (χ2v) is 6.72. The normalized spacial score (nSPS) is 10.9. The maximum absolute atomic E-state index is 4.12. The van der Waals surface area contributed by atoms with Crippen molar-refractivity contribution in [1.29, 1.82) is 0 Å². The van der Waals surface area contributed by atoms with E-state index in [1.54, 1.807) is 34.9 Å². The van der Waals surface area contributed by atoms with Gasteiger partial charge in [-0.1, -0.05) is 54.6 Å². The van der Waals surface area contributed by atoms with E-state index in [2.05, 4.69) is 22.4 Å². The van der Waals surface area contributed by atoms with Crippen LogP contribution in [0.25, 0.3) is 0 Å². The molecule has 1 N–H and O–H groups in total. The topological polar surface area (TPSA) is 37.8 Å². The highest BCUT2D eigenvalue weighted by atomic mass is 32.2. The first-order valence-corrected chi connectivity index (χ1v) is 8.60. The fourth-order valence-corrected chi connectivity index (χ4v) is 3.58. The summed E-state index contributed by atoms with van der Waals surface area (Å²) in [6, 6.07) is 0. The van der Waals surface area contributed by atoms with Gasteiger partial charge in [-0.15, -0.1) is 10.2 Å². The molecule has 0 radical (unpaired) electrons. The Kier molecular flexibility index (Phi) is 8.28. The summed E-state index contributed by atoms with van der Waals surface area (Å²) >= 11 is 5.13. The molecule has 0 unspecified atom stereocenters. The van der Waals surface area contributed by atoms with Crippen LogP contribution in [0.2, 0.25) is 0 Å². The van der Waals surface area contributed by atoms with E-state index in [4.69, 9.17) is 0 Å². The minimum Gasteiger partial charge on any atom is -0.316 e. The molecule has 1 aromatic heterocycles. The van der Waals surface area contributed by atoms with Crippen LogP contribution in [0.15, 0.2) is 8.68 Å². The number of aromatic nitrogens is 2. The van der Waals surface area contributed by atoms with E-state index in [1.165, 1.54) is 19.3 Å². The van der Waals surface area contributed by atoms with Crippen molar-refractivity contribution in [3.63, 3.8) is 0 Å². The first kappa shape index (κ1) is 14.3. The minimum atomic E-state index is 1.05. The molecule has 16 heavy (non-hydrogen) atoms. The number of hydrogen-bond donors (Lipinski definition) is 1. The molecule has 6 heteroatoms. The van der Waals surface area contributed by atoms with Gasteiger partial charge in [-0.3, -0.25) is 0 Å². The molecule has 0 aliphatic carbocycles. The third kappa shape index (κ3) is 6.08. The van der Waals surface area contributed by atoms with Crippen LogP contribution >= 0.6 is 34.9 Å². The Balaban J connectivity index is 1.98. The van der Waals surface area contributed by atoms with Crippen LogP contribution in [0, 0.1) is 0 Å². The summed E-state index contributed by atoms with van der Waals surface area (Å²) in [5.74, 6) is 1.08. The zero-order valence-electron chi connectivity index (χ0n) is 9.86. The first-order valence-electron chi connectivity index (χ1n) is 5.57. The molecule has 0 atom stereocenters. The van der Waals surface area contributed by atoms with Crippen LogP contribution < -0.4 is 5.32 Å². The number of nitrogens with one attached hydrogen (secondary N) is 1. The molecule has 0 spiro atoms. The Bertz CT molecular complexity index is 278. The number of rotatable bonds is 9. The zero-order chi connectivity index (χ0) is 11.6. The smallest absolute Gasteiger partial charge is 0.175 e. The molecule has 0 saturated carbocycles. The van der Waals surface area contributed by atoms with Gasteiger partial charge in [0.05, 0.1) is 0 Å². The summed E-state index contributed by atoms with van der Waals surface area (Å²) in [5.41, 5.74) is 0. The van der Waals surface area contributed by atoms with Crippen LogP contribution in [0.5, 0.6) is 0 Å². The van der Waals surface area contributed by atoms with E-state index in [1.807, 2.05) is 6.26 Å². The van der Waals surface area contributed by atoms with Gasteiger partial charge in [0, 0.05) is 12.3 Å². The summed E-state index contributed by atoms with van der Waals surface area (Å²) in [4.78, 5) is 0. The molecule has 0 saturated heterocycles. The molecule has 1 rings (SSSR count). The largest absolute Gasteiger partial charge is 0.316 e. The fourth-order valence-electron chi connectivity index (χ4n) is 1.17. The van der Waals surface area contributed by atoms with Crippen molar-refractivity contribution in [3.05, 3.63) is 0 Å². The quantitative estimate of drug-likeness (QED) is 0.554. The second kappa shape index (κ2) is 9.27. The summed E-state index contributed by atoms with van der Waals surface area (Å²) in [7, 11) is 0. The first-order chi connectivity index (χ1) is 7.86. The van der Waals surface area contributed by atoms with Crippen LogP contribution in [0.4, 0.5) is 0 Å². The van der Waals surface area contributed by atoms with Gasteiger partial charge in [0.15, 0.2) is 8.68 Å². The highest BCUT2D eigenvalue weighted by molar-refractivity contribution is 8.02. The number of nitrogens with zero attached hydrogens (tertiary/aromatic N) is 2. The van der Waals surface area contributed by atoms with Gasteiger partial charge >= 0.3 is 0 Å². The average molecular weight is 277 g/mol. The Hall–Kier alpha value is 0.220. The number of hydrogen-bond acceptors (Lipinski definition) is 6. The van der Waals surface area contributed by atoms with E-state index in [9.17, 15) is 0 Å². The lowest BCUT2D eigenvalue weighted by Gasteiger charge is -2.01. The van der Waals surface area contributed by atoms with Crippen LogP contribution in [-0.2, 0) is 0 Å². The Morgan fingerprint density at radius 2 is 2.00 bits per heavy atom. The molecule has 3 nitrogen and oxygen atoms in total. The molecule has 0 aliphatic heterocycles. The lowest BCUT2D eigenvalue weighted by molar-refractivity contribution is 0.636. The summed E-state index contributed by atoms with van der Waals surface area (Å²) in [5, 5.41) is 11.6. The zero-order valence-corrected chi connectivity index (χ0v) is 12.3. The van der Waals surface area contributed by atoms with Crippen LogP contribution in [-0.4, -0.2) is 35.3 Å². The maximum Gasteiger partial charge on any atom is 0.175 e. The van der Waals surface area contributed by atoms with Crippen LogP contribution in [0.1, 0.15) is 26.2 Å². The number of thioether (sulfide) groups is 2. The second-order valence-electron chi connectivity index (χ2n) is 3.34. The van der Waals surface area contributed by atoms with Gasteiger partial charge in [0.1, 0.15) is 0 Å². The molecule has 0 bridgehead atoms. The van der Waals surface area contributed by atoms with Crippen molar-refractivity contribution in [1.82, 2.24) is 15.5 Å². The Morgan fingerprint density at radius 3 is 2.69 bits per heavy atom. The minimum absolute atomic E-state index is 1.05. The van der Waals surface area contributed by atoms with Gasteiger partial charge in [0.2, 0.25) is 0 Å². The third-order valence-corrected chi connectivity index (χ3v) is 5.06. The maximum atomic E-state index is 4.12. The highest BCUT2D eigenvalue weighted by Gasteiger charge is 2.02. The van der Waals surface area contributed by atoms with E-state index < -0.39 is 0 Å². The van der Waals surface area contributed by atoms with Crippen molar-refractivity contribution < 1.29 is 0 Å². The van der Waals surface area contributed by atoms with Crippen molar-refractivity contribution >= 4 is 34.9 Å². The summed E-state index contributed by atoms with van der Waals surface area (Å²) < 4.78 is 2.14. The van der Waals surface area contributed by atoms with Crippen molar-refractivity contribution in [2.45, 2.75) is 34.9 Å². The van der Waals surface area contributed by atoms with Gasteiger partial charge in [-0.2, -0.15) is 0 Å². The summed E-state index contributed by atoms with van der Waals surface area (Å²) in [6.07, 6.45) is 5.94. The van der Waals surface area contributed by atoms with Crippen molar-refractivity contribution in [2.24, 2.45) is 0 Å².